The highest BCUT2D eigenvalue weighted by molar-refractivity contribution is 7.92. The van der Waals surface area contributed by atoms with Crippen LogP contribution in [0.5, 0.6) is 0 Å². The molecule has 1 amide bonds. The molecular weight excluding hydrogens is 477 g/mol. The topological polar surface area (TPSA) is 71.4 Å². The molecule has 0 spiro atoms. The Morgan fingerprint density at radius 3 is 2.42 bits per heavy atom. The Bertz CT molecular complexity index is 1370. The summed E-state index contributed by atoms with van der Waals surface area (Å²) in [6.45, 7) is 11.9. The van der Waals surface area contributed by atoms with Crippen molar-refractivity contribution in [2.75, 3.05) is 17.8 Å². The number of sulfonamides is 1. The van der Waals surface area contributed by atoms with Gasteiger partial charge in [-0.15, -0.1) is 0 Å². The first kappa shape index (κ1) is 26.2. The molecule has 1 N–H and O–H groups in total. The van der Waals surface area contributed by atoms with Crippen molar-refractivity contribution in [1.29, 1.82) is 0 Å². The molecule has 0 aliphatic carbocycles. The van der Waals surface area contributed by atoms with E-state index in [0.717, 1.165) is 29.5 Å². The van der Waals surface area contributed by atoms with Gasteiger partial charge in [0.25, 0.3) is 10.0 Å². The van der Waals surface area contributed by atoms with E-state index in [9.17, 15) is 17.6 Å². The Morgan fingerprint density at radius 1 is 1.14 bits per heavy atom. The number of fused-ring (bicyclic) bond motifs is 1. The minimum Gasteiger partial charge on any atom is -0.350 e. The Morgan fingerprint density at radius 2 is 1.81 bits per heavy atom. The van der Waals surface area contributed by atoms with Crippen molar-refractivity contribution in [2.24, 2.45) is 24.3 Å². The van der Waals surface area contributed by atoms with Crippen LogP contribution in [0.1, 0.15) is 52.5 Å². The highest BCUT2D eigenvalue weighted by Gasteiger charge is 2.36. The third kappa shape index (κ3) is 5.14. The maximum atomic E-state index is 13.3. The smallest absolute Gasteiger partial charge is 0.261 e. The summed E-state index contributed by atoms with van der Waals surface area (Å²) in [7, 11) is -1.86. The molecule has 194 valence electrons. The molecule has 0 bridgehead atoms. The number of hydrogen-bond acceptors (Lipinski definition) is 3. The quantitative estimate of drug-likeness (QED) is 0.472. The van der Waals surface area contributed by atoms with Gasteiger partial charge in [-0.3, -0.25) is 9.52 Å². The molecule has 6 nitrogen and oxygen atoms in total. The summed E-state index contributed by atoms with van der Waals surface area (Å²) in [6, 6.07) is 10.3. The van der Waals surface area contributed by atoms with E-state index in [0.29, 0.717) is 18.8 Å². The van der Waals surface area contributed by atoms with E-state index in [1.54, 1.807) is 6.07 Å². The van der Waals surface area contributed by atoms with Crippen molar-refractivity contribution in [2.45, 2.75) is 51.9 Å². The first-order chi connectivity index (χ1) is 16.8. The molecule has 0 radical (unpaired) electrons. The van der Waals surface area contributed by atoms with Crippen LogP contribution in [0.4, 0.5) is 10.1 Å². The second kappa shape index (κ2) is 9.54. The molecule has 1 aromatic heterocycles. The summed E-state index contributed by atoms with van der Waals surface area (Å²) in [4.78, 5) is 15.1. The summed E-state index contributed by atoms with van der Waals surface area (Å²) in [5.41, 5.74) is 2.56. The SMILES string of the molecule is CC(C(=O)N1CC[C@@H](c2cn(C)c3ccc(NS(=O)(=O)c4ccc(F)cc4)cc23)[C@@H](C)C1)C(C)(C)C. The van der Waals surface area contributed by atoms with E-state index in [-0.39, 0.29) is 34.0 Å². The molecule has 3 aromatic rings. The highest BCUT2D eigenvalue weighted by atomic mass is 32.2. The van der Waals surface area contributed by atoms with Crippen LogP contribution in [0.25, 0.3) is 10.9 Å². The Kier molecular flexibility index (Phi) is 6.94. The molecule has 1 unspecified atom stereocenters. The van der Waals surface area contributed by atoms with E-state index in [1.165, 1.54) is 17.7 Å². The molecule has 2 heterocycles. The van der Waals surface area contributed by atoms with E-state index in [2.05, 4.69) is 43.2 Å². The fourth-order valence-electron chi connectivity index (χ4n) is 5.06. The predicted molar refractivity (Wildman–Crippen MR) is 142 cm³/mol. The Labute approximate surface area is 213 Å². The third-order valence-electron chi connectivity index (χ3n) is 7.68. The maximum absolute atomic E-state index is 13.3. The lowest BCUT2D eigenvalue weighted by atomic mass is 9.78. The number of carbonyl (C=O) groups is 1. The Balaban J connectivity index is 1.59. The van der Waals surface area contributed by atoms with Gasteiger partial charge < -0.3 is 9.47 Å². The number of hydrogen-bond donors (Lipinski definition) is 1. The summed E-state index contributed by atoms with van der Waals surface area (Å²) < 4.78 is 43.6. The van der Waals surface area contributed by atoms with Gasteiger partial charge >= 0.3 is 0 Å². The van der Waals surface area contributed by atoms with Crippen molar-refractivity contribution in [3.05, 3.63) is 60.0 Å². The second-order valence-electron chi connectivity index (χ2n) is 11.2. The number of piperidine rings is 1. The fraction of sp³-hybridized carbons (Fsp3) is 0.464. The van der Waals surface area contributed by atoms with Crippen molar-refractivity contribution in [3.63, 3.8) is 0 Å². The minimum atomic E-state index is -3.85. The number of nitrogens with one attached hydrogen (secondary N) is 1. The van der Waals surface area contributed by atoms with Crippen LogP contribution in [0.2, 0.25) is 0 Å². The van der Waals surface area contributed by atoms with E-state index in [4.69, 9.17) is 0 Å². The number of aromatic nitrogens is 1. The Hall–Kier alpha value is -2.87. The van der Waals surface area contributed by atoms with Gasteiger partial charge in [0.2, 0.25) is 5.91 Å². The molecular formula is C28H36FN3O3S. The number of benzene rings is 2. The molecule has 1 aliphatic rings. The van der Waals surface area contributed by atoms with Gasteiger partial charge in [-0.2, -0.15) is 0 Å². The van der Waals surface area contributed by atoms with E-state index < -0.39 is 15.8 Å². The summed E-state index contributed by atoms with van der Waals surface area (Å²) in [5.74, 6) is 0.199. The number of halogens is 1. The molecule has 1 fully saturated rings. The van der Waals surface area contributed by atoms with Gasteiger partial charge in [0.1, 0.15) is 5.82 Å². The van der Waals surface area contributed by atoms with Gasteiger partial charge in [-0.25, -0.2) is 12.8 Å². The van der Waals surface area contributed by atoms with Crippen LogP contribution in [-0.2, 0) is 21.9 Å². The van der Waals surface area contributed by atoms with Gasteiger partial charge in [-0.1, -0.05) is 34.6 Å². The lowest BCUT2D eigenvalue weighted by Crippen LogP contribution is -2.46. The molecule has 4 rings (SSSR count). The molecule has 8 heteroatoms. The monoisotopic (exact) mass is 513 g/mol. The predicted octanol–water partition coefficient (Wildman–Crippen LogP) is 5.75. The molecule has 2 aromatic carbocycles. The van der Waals surface area contributed by atoms with Crippen LogP contribution in [0, 0.1) is 23.1 Å². The van der Waals surface area contributed by atoms with Gasteiger partial charge in [-0.05, 0) is 71.7 Å². The summed E-state index contributed by atoms with van der Waals surface area (Å²) in [6.07, 6.45) is 2.98. The number of nitrogens with zero attached hydrogens (tertiary/aromatic N) is 2. The zero-order valence-corrected chi connectivity index (χ0v) is 22.7. The largest absolute Gasteiger partial charge is 0.350 e. The average Bonchev–Trinajstić information content (AvgIpc) is 3.12. The highest BCUT2D eigenvalue weighted by Crippen LogP contribution is 2.39. The van der Waals surface area contributed by atoms with Crippen molar-refractivity contribution in [1.82, 2.24) is 9.47 Å². The molecule has 1 saturated heterocycles. The zero-order chi connectivity index (χ0) is 26.4. The second-order valence-corrected chi connectivity index (χ2v) is 12.9. The van der Waals surface area contributed by atoms with Crippen molar-refractivity contribution >= 4 is 32.5 Å². The lowest BCUT2D eigenvalue weighted by molar-refractivity contribution is -0.140. The van der Waals surface area contributed by atoms with Gasteiger partial charge in [0, 0.05) is 48.8 Å². The fourth-order valence-corrected chi connectivity index (χ4v) is 6.11. The number of rotatable bonds is 5. The number of anilines is 1. The molecule has 1 aliphatic heterocycles. The summed E-state index contributed by atoms with van der Waals surface area (Å²) >= 11 is 0. The number of aryl methyl sites for hydroxylation is 1. The summed E-state index contributed by atoms with van der Waals surface area (Å²) in [5, 5.41) is 0.997. The van der Waals surface area contributed by atoms with Crippen molar-refractivity contribution < 1.29 is 17.6 Å². The van der Waals surface area contributed by atoms with Gasteiger partial charge in [0.05, 0.1) is 4.90 Å². The molecule has 3 atom stereocenters. The van der Waals surface area contributed by atoms with Gasteiger partial charge in [0.15, 0.2) is 0 Å². The van der Waals surface area contributed by atoms with E-state index in [1.807, 2.05) is 31.0 Å². The molecule has 0 saturated carbocycles. The third-order valence-corrected chi connectivity index (χ3v) is 9.08. The minimum absolute atomic E-state index is 0.00688. The normalized spacial score (nSPS) is 19.9. The first-order valence-electron chi connectivity index (χ1n) is 12.4. The lowest BCUT2D eigenvalue weighted by Gasteiger charge is -2.40. The van der Waals surface area contributed by atoms with Crippen LogP contribution in [0.3, 0.4) is 0 Å². The molecule has 36 heavy (non-hydrogen) atoms. The zero-order valence-electron chi connectivity index (χ0n) is 21.9. The first-order valence-corrected chi connectivity index (χ1v) is 13.9. The van der Waals surface area contributed by atoms with Crippen LogP contribution < -0.4 is 4.72 Å². The van der Waals surface area contributed by atoms with Crippen LogP contribution in [0.15, 0.2) is 53.6 Å². The van der Waals surface area contributed by atoms with Crippen LogP contribution >= 0.6 is 0 Å². The van der Waals surface area contributed by atoms with E-state index >= 15 is 0 Å². The van der Waals surface area contributed by atoms with Crippen molar-refractivity contribution in [3.8, 4) is 0 Å². The maximum Gasteiger partial charge on any atom is 0.261 e. The standard InChI is InChI=1S/C28H36FN3O3S/c1-18-16-32(27(33)19(2)28(3,4)5)14-13-23(18)25-17-31(6)26-12-9-21(15-24(25)26)30-36(34,35)22-10-7-20(29)8-11-22/h7-12,15,17-19,23,30H,13-14,16H2,1-6H3/t18-,19?,23+/m0/s1. The average molecular weight is 514 g/mol. The number of likely N-dealkylation sites (tertiary alicyclic amines) is 1. The van der Waals surface area contributed by atoms with Crippen LogP contribution in [-0.4, -0.2) is 36.9 Å². The number of amides is 1. The number of carbonyl (C=O) groups excluding carboxylic acids is 1.